The highest BCUT2D eigenvalue weighted by Gasteiger charge is 2.35. The lowest BCUT2D eigenvalue weighted by molar-refractivity contribution is -0.122. The van der Waals surface area contributed by atoms with Crippen molar-refractivity contribution in [3.05, 3.63) is 65.0 Å². The lowest BCUT2D eigenvalue weighted by Gasteiger charge is -2.17. The highest BCUT2D eigenvalue weighted by molar-refractivity contribution is 7.14. The van der Waals surface area contributed by atoms with Gasteiger partial charge in [0.2, 0.25) is 17.7 Å². The molecule has 2 atom stereocenters. The van der Waals surface area contributed by atoms with E-state index >= 15 is 0 Å². The van der Waals surface area contributed by atoms with Crippen molar-refractivity contribution in [1.29, 1.82) is 0 Å². The van der Waals surface area contributed by atoms with E-state index in [0.717, 1.165) is 28.9 Å². The zero-order chi connectivity index (χ0) is 24.2. The van der Waals surface area contributed by atoms with Crippen molar-refractivity contribution in [2.75, 3.05) is 16.8 Å². The maximum Gasteiger partial charge on any atom is 0.231 e. The van der Waals surface area contributed by atoms with Gasteiger partial charge >= 0.3 is 0 Å². The summed E-state index contributed by atoms with van der Waals surface area (Å²) >= 11 is 1.35. The number of aryl methyl sites for hydroxylation is 1. The number of benzene rings is 2. The number of hydrogen-bond donors (Lipinski definition) is 2. The molecule has 1 saturated heterocycles. The molecule has 8 heteroatoms. The molecule has 4 rings (SSSR count). The summed E-state index contributed by atoms with van der Waals surface area (Å²) in [6, 6.07) is 15.6. The first-order valence-electron chi connectivity index (χ1n) is 11.4. The Labute approximate surface area is 203 Å². The molecule has 1 fully saturated rings. The van der Waals surface area contributed by atoms with E-state index < -0.39 is 5.92 Å². The first-order chi connectivity index (χ1) is 16.3. The van der Waals surface area contributed by atoms with Gasteiger partial charge in [-0.15, -0.1) is 11.3 Å². The highest BCUT2D eigenvalue weighted by atomic mass is 32.1. The van der Waals surface area contributed by atoms with Gasteiger partial charge < -0.3 is 15.5 Å². The zero-order valence-corrected chi connectivity index (χ0v) is 20.3. The van der Waals surface area contributed by atoms with E-state index in [2.05, 4.69) is 22.5 Å². The van der Waals surface area contributed by atoms with Crippen LogP contribution >= 0.6 is 11.3 Å². The third-order valence-corrected chi connectivity index (χ3v) is 6.77. The molecule has 2 aromatic carbocycles. The van der Waals surface area contributed by atoms with Crippen LogP contribution in [0.4, 0.5) is 10.8 Å². The van der Waals surface area contributed by atoms with Crippen molar-refractivity contribution in [2.45, 2.75) is 39.7 Å². The fraction of sp³-hybridized carbons (Fsp3) is 0.308. The quantitative estimate of drug-likeness (QED) is 0.523. The monoisotopic (exact) mass is 476 g/mol. The number of anilines is 2. The molecule has 0 aliphatic carbocycles. The van der Waals surface area contributed by atoms with Gasteiger partial charge in [-0.2, -0.15) is 0 Å². The molecule has 2 unspecified atom stereocenters. The van der Waals surface area contributed by atoms with E-state index in [1.165, 1.54) is 23.8 Å². The zero-order valence-electron chi connectivity index (χ0n) is 19.5. The summed E-state index contributed by atoms with van der Waals surface area (Å²) in [5.41, 5.74) is 4.72. The van der Waals surface area contributed by atoms with Crippen LogP contribution in [0.15, 0.2) is 53.9 Å². The third-order valence-electron chi connectivity index (χ3n) is 6.01. The van der Waals surface area contributed by atoms with E-state index in [0.29, 0.717) is 11.7 Å². The Balaban J connectivity index is 1.38. The van der Waals surface area contributed by atoms with Crippen molar-refractivity contribution in [3.8, 4) is 11.3 Å². The van der Waals surface area contributed by atoms with Crippen LogP contribution in [0.2, 0.25) is 0 Å². The minimum Gasteiger partial charge on any atom is -0.350 e. The van der Waals surface area contributed by atoms with Crippen LogP contribution in [0.5, 0.6) is 0 Å². The fourth-order valence-electron chi connectivity index (χ4n) is 4.05. The Morgan fingerprint density at radius 1 is 1.15 bits per heavy atom. The van der Waals surface area contributed by atoms with Gasteiger partial charge in [0.25, 0.3) is 0 Å². The minimum atomic E-state index is -0.416. The van der Waals surface area contributed by atoms with E-state index in [4.69, 9.17) is 0 Å². The van der Waals surface area contributed by atoms with Crippen LogP contribution < -0.4 is 15.5 Å². The maximum atomic E-state index is 12.8. The molecule has 1 aliphatic rings. The Kier molecular flexibility index (Phi) is 7.07. The molecule has 1 aliphatic heterocycles. The molecule has 2 heterocycles. The lowest BCUT2D eigenvalue weighted by Crippen LogP contribution is -2.28. The Morgan fingerprint density at radius 3 is 2.50 bits per heavy atom. The Bertz CT molecular complexity index is 1190. The van der Waals surface area contributed by atoms with Crippen LogP contribution in [0.3, 0.4) is 0 Å². The van der Waals surface area contributed by atoms with Crippen LogP contribution in [0.1, 0.15) is 44.4 Å². The van der Waals surface area contributed by atoms with E-state index in [-0.39, 0.29) is 30.2 Å². The van der Waals surface area contributed by atoms with E-state index in [9.17, 15) is 14.4 Å². The number of aromatic nitrogens is 1. The molecule has 0 saturated carbocycles. The molecule has 3 aromatic rings. The molecule has 0 radical (unpaired) electrons. The van der Waals surface area contributed by atoms with E-state index in [1.54, 1.807) is 4.90 Å². The molecule has 0 bridgehead atoms. The van der Waals surface area contributed by atoms with Crippen molar-refractivity contribution in [2.24, 2.45) is 5.92 Å². The van der Waals surface area contributed by atoms with Gasteiger partial charge in [-0.1, -0.05) is 43.3 Å². The normalized spacial score (nSPS) is 16.4. The summed E-state index contributed by atoms with van der Waals surface area (Å²) in [5.74, 6) is -0.725. The predicted molar refractivity (Wildman–Crippen MR) is 135 cm³/mol. The second-order valence-corrected chi connectivity index (χ2v) is 9.35. The molecular formula is C26H28N4O3S. The van der Waals surface area contributed by atoms with Gasteiger partial charge in [0.15, 0.2) is 5.13 Å². The van der Waals surface area contributed by atoms with Gasteiger partial charge in [0, 0.05) is 36.5 Å². The smallest absolute Gasteiger partial charge is 0.231 e. The fourth-order valence-corrected chi connectivity index (χ4v) is 4.77. The summed E-state index contributed by atoms with van der Waals surface area (Å²) < 4.78 is 0. The largest absolute Gasteiger partial charge is 0.350 e. The number of carbonyl (C=O) groups is 3. The van der Waals surface area contributed by atoms with Crippen molar-refractivity contribution < 1.29 is 14.4 Å². The van der Waals surface area contributed by atoms with Crippen LogP contribution in [-0.2, 0) is 20.8 Å². The van der Waals surface area contributed by atoms with Crippen LogP contribution in [0.25, 0.3) is 11.3 Å². The SMILES string of the molecule is CCc1ccc(N2CC(C(=O)Nc3nc(-c4ccc(C(C)NC(C)=O)cc4)cs3)CC2=O)cc1. The number of rotatable bonds is 7. The lowest BCUT2D eigenvalue weighted by atomic mass is 10.1. The summed E-state index contributed by atoms with van der Waals surface area (Å²) in [5, 5.41) is 8.14. The van der Waals surface area contributed by atoms with Crippen LogP contribution in [0, 0.1) is 5.92 Å². The molecule has 34 heavy (non-hydrogen) atoms. The molecule has 3 amide bonds. The third kappa shape index (κ3) is 5.34. The highest BCUT2D eigenvalue weighted by Crippen LogP contribution is 2.29. The van der Waals surface area contributed by atoms with Crippen LogP contribution in [-0.4, -0.2) is 29.3 Å². The molecule has 176 valence electrons. The average Bonchev–Trinajstić information content (AvgIpc) is 3.45. The standard InChI is InChI=1S/C26H28N4O3S/c1-4-18-5-11-22(12-6-18)30-14-21(13-24(30)32)25(33)29-26-28-23(15-34-26)20-9-7-19(8-10-20)16(2)27-17(3)31/h5-12,15-16,21H,4,13-14H2,1-3H3,(H,27,31)(H,28,29,33). The Hall–Kier alpha value is -3.52. The predicted octanol–water partition coefficient (Wildman–Crippen LogP) is 4.56. The molecule has 2 N–H and O–H groups in total. The molecular weight excluding hydrogens is 448 g/mol. The number of amides is 3. The number of carbonyl (C=O) groups excluding carboxylic acids is 3. The second kappa shape index (κ2) is 10.2. The number of nitrogens with one attached hydrogen (secondary N) is 2. The topological polar surface area (TPSA) is 91.4 Å². The average molecular weight is 477 g/mol. The summed E-state index contributed by atoms with van der Waals surface area (Å²) in [7, 11) is 0. The van der Waals surface area contributed by atoms with Crippen molar-refractivity contribution in [3.63, 3.8) is 0 Å². The first kappa shape index (κ1) is 23.6. The molecule has 0 spiro atoms. The number of hydrogen-bond acceptors (Lipinski definition) is 5. The Morgan fingerprint density at radius 2 is 1.85 bits per heavy atom. The summed E-state index contributed by atoms with van der Waals surface area (Å²) in [6.45, 7) is 5.88. The van der Waals surface area contributed by atoms with Crippen molar-refractivity contribution >= 4 is 39.9 Å². The molecule has 7 nitrogen and oxygen atoms in total. The minimum absolute atomic E-state index is 0.0437. The summed E-state index contributed by atoms with van der Waals surface area (Å²) in [6.07, 6.45) is 1.13. The van der Waals surface area contributed by atoms with E-state index in [1.807, 2.05) is 60.8 Å². The first-order valence-corrected chi connectivity index (χ1v) is 12.2. The summed E-state index contributed by atoms with van der Waals surface area (Å²) in [4.78, 5) is 42.9. The van der Waals surface area contributed by atoms with Crippen molar-refractivity contribution in [1.82, 2.24) is 10.3 Å². The van der Waals surface area contributed by atoms with Gasteiger partial charge in [0.05, 0.1) is 17.7 Å². The number of thiazole rings is 1. The van der Waals surface area contributed by atoms with Gasteiger partial charge in [0.1, 0.15) is 0 Å². The maximum absolute atomic E-state index is 12.8. The van der Waals surface area contributed by atoms with Gasteiger partial charge in [-0.05, 0) is 36.6 Å². The second-order valence-electron chi connectivity index (χ2n) is 8.50. The number of nitrogens with zero attached hydrogens (tertiary/aromatic N) is 2. The molecule has 1 aromatic heterocycles. The van der Waals surface area contributed by atoms with Gasteiger partial charge in [-0.25, -0.2) is 4.98 Å². The van der Waals surface area contributed by atoms with Gasteiger partial charge in [-0.3, -0.25) is 14.4 Å².